The van der Waals surface area contributed by atoms with Gasteiger partial charge in [0, 0.05) is 30.7 Å². The zero-order valence-corrected chi connectivity index (χ0v) is 14.1. The van der Waals surface area contributed by atoms with Crippen LogP contribution in [-0.2, 0) is 9.59 Å². The summed E-state index contributed by atoms with van der Waals surface area (Å²) in [5, 5.41) is 0. The van der Waals surface area contributed by atoms with Crippen molar-refractivity contribution in [2.75, 3.05) is 13.1 Å². The van der Waals surface area contributed by atoms with Crippen LogP contribution in [0, 0.1) is 10.8 Å². The summed E-state index contributed by atoms with van der Waals surface area (Å²) in [5.41, 5.74) is 0.832. The van der Waals surface area contributed by atoms with Crippen molar-refractivity contribution in [1.82, 2.24) is 4.90 Å². The first-order chi connectivity index (χ1) is 9.00. The average molecular weight is 279 g/mol. The summed E-state index contributed by atoms with van der Waals surface area (Å²) < 4.78 is 0. The van der Waals surface area contributed by atoms with Crippen LogP contribution in [0.15, 0.2) is 11.1 Å². The molecule has 0 aromatic carbocycles. The molecule has 0 radical (unpaired) electrons. The van der Waals surface area contributed by atoms with Crippen molar-refractivity contribution in [1.29, 1.82) is 0 Å². The van der Waals surface area contributed by atoms with Gasteiger partial charge in [0.1, 0.15) is 0 Å². The van der Waals surface area contributed by atoms with E-state index in [9.17, 15) is 9.59 Å². The van der Waals surface area contributed by atoms with E-state index in [-0.39, 0.29) is 22.5 Å². The SMILES string of the molecule is CCCN1CCC(=O)C(C(C)(C)C)=C(C(C)(C)C)C1=O. The molecule has 0 saturated carbocycles. The summed E-state index contributed by atoms with van der Waals surface area (Å²) in [6.45, 7) is 15.5. The summed E-state index contributed by atoms with van der Waals surface area (Å²) >= 11 is 0. The fourth-order valence-corrected chi connectivity index (χ4v) is 2.84. The third kappa shape index (κ3) is 3.50. The van der Waals surface area contributed by atoms with Gasteiger partial charge in [-0.1, -0.05) is 48.5 Å². The first kappa shape index (κ1) is 16.9. The summed E-state index contributed by atoms with van der Waals surface area (Å²) in [6, 6.07) is 0. The van der Waals surface area contributed by atoms with Crippen LogP contribution in [0.5, 0.6) is 0 Å². The molecular formula is C17H29NO2. The Morgan fingerprint density at radius 3 is 1.85 bits per heavy atom. The highest BCUT2D eigenvalue weighted by atomic mass is 16.2. The molecule has 0 bridgehead atoms. The van der Waals surface area contributed by atoms with Gasteiger partial charge in [-0.15, -0.1) is 0 Å². The highest BCUT2D eigenvalue weighted by molar-refractivity contribution is 6.08. The van der Waals surface area contributed by atoms with E-state index < -0.39 is 0 Å². The quantitative estimate of drug-likeness (QED) is 0.774. The van der Waals surface area contributed by atoms with Crippen LogP contribution in [-0.4, -0.2) is 29.7 Å². The second-order valence-electron chi connectivity index (χ2n) is 7.72. The molecule has 1 rings (SSSR count). The summed E-state index contributed by atoms with van der Waals surface area (Å²) in [4.78, 5) is 27.3. The summed E-state index contributed by atoms with van der Waals surface area (Å²) in [7, 11) is 0. The number of nitrogens with zero attached hydrogens (tertiary/aromatic N) is 1. The normalized spacial score (nSPS) is 18.6. The van der Waals surface area contributed by atoms with Crippen molar-refractivity contribution in [3.05, 3.63) is 11.1 Å². The van der Waals surface area contributed by atoms with Gasteiger partial charge in [-0.3, -0.25) is 9.59 Å². The lowest BCUT2D eigenvalue weighted by Gasteiger charge is -2.32. The molecule has 1 aliphatic rings. The molecular weight excluding hydrogens is 250 g/mol. The number of amides is 1. The van der Waals surface area contributed by atoms with E-state index in [1.165, 1.54) is 0 Å². The van der Waals surface area contributed by atoms with Gasteiger partial charge in [0.05, 0.1) is 0 Å². The van der Waals surface area contributed by atoms with Crippen LogP contribution in [0.4, 0.5) is 0 Å². The van der Waals surface area contributed by atoms with Gasteiger partial charge in [0.15, 0.2) is 5.78 Å². The molecule has 0 N–H and O–H groups in total. The van der Waals surface area contributed by atoms with Crippen molar-refractivity contribution >= 4 is 11.7 Å². The molecule has 114 valence electrons. The van der Waals surface area contributed by atoms with E-state index >= 15 is 0 Å². The van der Waals surface area contributed by atoms with Gasteiger partial charge in [-0.25, -0.2) is 0 Å². The number of hydrogen-bond acceptors (Lipinski definition) is 2. The van der Waals surface area contributed by atoms with Crippen LogP contribution in [0.2, 0.25) is 0 Å². The standard InChI is InChI=1S/C17H29NO2/c1-8-10-18-11-9-12(19)13(16(2,3)4)14(15(18)20)17(5,6)7/h8-11H2,1-7H3. The van der Waals surface area contributed by atoms with Gasteiger partial charge < -0.3 is 4.90 Å². The highest BCUT2D eigenvalue weighted by Crippen LogP contribution is 2.39. The third-order valence-electron chi connectivity index (χ3n) is 3.63. The summed E-state index contributed by atoms with van der Waals surface area (Å²) in [6.07, 6.45) is 1.36. The zero-order valence-electron chi connectivity index (χ0n) is 14.1. The Labute approximate surface area is 123 Å². The zero-order chi connectivity index (χ0) is 15.7. The van der Waals surface area contributed by atoms with E-state index in [2.05, 4.69) is 6.92 Å². The fraction of sp³-hybridized carbons (Fsp3) is 0.765. The number of Topliss-reactive ketones (excluding diaryl/α,β-unsaturated/α-hetero) is 1. The predicted molar refractivity (Wildman–Crippen MR) is 82.4 cm³/mol. The topological polar surface area (TPSA) is 37.4 Å². The Bertz CT molecular complexity index is 433. The van der Waals surface area contributed by atoms with Crippen LogP contribution in [0.25, 0.3) is 0 Å². The molecule has 0 aromatic rings. The Balaban J connectivity index is 3.50. The van der Waals surface area contributed by atoms with Crippen molar-refractivity contribution in [3.63, 3.8) is 0 Å². The van der Waals surface area contributed by atoms with Crippen molar-refractivity contribution in [2.45, 2.75) is 61.3 Å². The van der Waals surface area contributed by atoms with E-state index in [4.69, 9.17) is 0 Å². The minimum absolute atomic E-state index is 0.0510. The van der Waals surface area contributed by atoms with Crippen molar-refractivity contribution in [3.8, 4) is 0 Å². The largest absolute Gasteiger partial charge is 0.338 e. The Hall–Kier alpha value is -1.12. The molecule has 0 atom stereocenters. The fourth-order valence-electron chi connectivity index (χ4n) is 2.84. The van der Waals surface area contributed by atoms with E-state index in [0.29, 0.717) is 18.5 Å². The molecule has 3 nitrogen and oxygen atoms in total. The molecule has 1 heterocycles. The number of rotatable bonds is 2. The number of allylic oxidation sites excluding steroid dienone is 1. The second-order valence-corrected chi connectivity index (χ2v) is 7.72. The Morgan fingerprint density at radius 2 is 1.45 bits per heavy atom. The Kier molecular flexibility index (Phi) is 4.83. The maximum Gasteiger partial charge on any atom is 0.250 e. The van der Waals surface area contributed by atoms with Crippen LogP contribution in [0.3, 0.4) is 0 Å². The van der Waals surface area contributed by atoms with Crippen molar-refractivity contribution < 1.29 is 9.59 Å². The molecule has 1 amide bonds. The first-order valence-electron chi connectivity index (χ1n) is 7.57. The number of hydrogen-bond donors (Lipinski definition) is 0. The summed E-state index contributed by atoms with van der Waals surface area (Å²) in [5.74, 6) is 0.185. The molecule has 20 heavy (non-hydrogen) atoms. The van der Waals surface area contributed by atoms with Gasteiger partial charge in [0.25, 0.3) is 5.91 Å². The molecule has 0 aliphatic carbocycles. The lowest BCUT2D eigenvalue weighted by atomic mass is 9.73. The average Bonchev–Trinajstić information content (AvgIpc) is 2.38. The van der Waals surface area contributed by atoms with Gasteiger partial charge in [0.2, 0.25) is 0 Å². The van der Waals surface area contributed by atoms with Gasteiger partial charge in [-0.05, 0) is 17.3 Å². The minimum atomic E-state index is -0.314. The molecule has 0 fully saturated rings. The molecule has 0 spiro atoms. The smallest absolute Gasteiger partial charge is 0.250 e. The second kappa shape index (κ2) is 5.71. The minimum Gasteiger partial charge on any atom is -0.338 e. The number of ketones is 1. The van der Waals surface area contributed by atoms with Gasteiger partial charge >= 0.3 is 0 Å². The lowest BCUT2D eigenvalue weighted by Crippen LogP contribution is -2.36. The Morgan fingerprint density at radius 1 is 0.950 bits per heavy atom. The number of carbonyl (C=O) groups excluding carboxylic acids is 2. The maximum atomic E-state index is 12.9. The predicted octanol–water partition coefficient (Wildman–Crippen LogP) is 3.59. The number of carbonyl (C=O) groups is 2. The van der Waals surface area contributed by atoms with E-state index in [0.717, 1.165) is 18.5 Å². The monoisotopic (exact) mass is 279 g/mol. The molecule has 0 aromatic heterocycles. The molecule has 0 unspecified atom stereocenters. The van der Waals surface area contributed by atoms with E-state index in [1.807, 2.05) is 46.4 Å². The van der Waals surface area contributed by atoms with Crippen LogP contribution >= 0.6 is 0 Å². The van der Waals surface area contributed by atoms with Crippen LogP contribution in [0.1, 0.15) is 61.3 Å². The molecule has 1 aliphatic heterocycles. The van der Waals surface area contributed by atoms with Crippen LogP contribution < -0.4 is 0 Å². The van der Waals surface area contributed by atoms with E-state index in [1.54, 1.807) is 0 Å². The lowest BCUT2D eigenvalue weighted by molar-refractivity contribution is -0.128. The molecule has 3 heteroatoms. The maximum absolute atomic E-state index is 12.9. The first-order valence-corrected chi connectivity index (χ1v) is 7.57. The molecule has 0 saturated heterocycles. The third-order valence-corrected chi connectivity index (χ3v) is 3.63. The highest BCUT2D eigenvalue weighted by Gasteiger charge is 2.39. The van der Waals surface area contributed by atoms with Crippen molar-refractivity contribution in [2.24, 2.45) is 10.8 Å². The van der Waals surface area contributed by atoms with Gasteiger partial charge in [-0.2, -0.15) is 0 Å².